The van der Waals surface area contributed by atoms with Gasteiger partial charge in [0, 0.05) is 30.1 Å². The predicted octanol–water partition coefficient (Wildman–Crippen LogP) is 4.20. The molecule has 27 heavy (non-hydrogen) atoms. The van der Waals surface area contributed by atoms with E-state index in [9.17, 15) is 9.18 Å². The number of carbonyl (C=O) groups is 1. The van der Waals surface area contributed by atoms with Gasteiger partial charge < -0.3 is 9.32 Å². The highest BCUT2D eigenvalue weighted by atomic mass is 19.1. The molecule has 1 amide bonds. The maximum Gasteiger partial charge on any atom is 0.253 e. The van der Waals surface area contributed by atoms with Gasteiger partial charge in [0.2, 0.25) is 11.8 Å². The van der Waals surface area contributed by atoms with Crippen LogP contribution in [0.3, 0.4) is 0 Å². The fourth-order valence-corrected chi connectivity index (χ4v) is 3.43. The smallest absolute Gasteiger partial charge is 0.253 e. The highest BCUT2D eigenvalue weighted by Crippen LogP contribution is 2.30. The lowest BCUT2D eigenvalue weighted by Crippen LogP contribution is -2.38. The van der Waals surface area contributed by atoms with Crippen molar-refractivity contribution in [3.63, 3.8) is 0 Å². The summed E-state index contributed by atoms with van der Waals surface area (Å²) >= 11 is 0. The van der Waals surface area contributed by atoms with Crippen LogP contribution in [0, 0.1) is 12.7 Å². The molecule has 0 atom stereocenters. The zero-order chi connectivity index (χ0) is 18.8. The molecule has 1 aliphatic heterocycles. The minimum absolute atomic E-state index is 0.0698. The Balaban J connectivity index is 1.42. The normalized spacial score (nSPS) is 15.1. The van der Waals surface area contributed by atoms with Crippen LogP contribution in [0.4, 0.5) is 4.39 Å². The molecular weight excluding hydrogens is 345 g/mol. The Morgan fingerprint density at radius 1 is 1.07 bits per heavy atom. The van der Waals surface area contributed by atoms with Crippen molar-refractivity contribution in [2.75, 3.05) is 13.1 Å². The van der Waals surface area contributed by atoms with E-state index < -0.39 is 0 Å². The summed E-state index contributed by atoms with van der Waals surface area (Å²) in [6.07, 6.45) is 1.53. The van der Waals surface area contributed by atoms with E-state index >= 15 is 0 Å². The Bertz CT molecular complexity index is 944. The van der Waals surface area contributed by atoms with Gasteiger partial charge in [-0.1, -0.05) is 18.2 Å². The lowest BCUT2D eigenvalue weighted by molar-refractivity contribution is 0.0706. The first-order valence-corrected chi connectivity index (χ1v) is 9.06. The minimum atomic E-state index is -0.342. The molecule has 0 aliphatic carbocycles. The summed E-state index contributed by atoms with van der Waals surface area (Å²) in [7, 11) is 0. The van der Waals surface area contributed by atoms with E-state index in [4.69, 9.17) is 4.42 Å². The van der Waals surface area contributed by atoms with Crippen LogP contribution in [-0.4, -0.2) is 34.1 Å². The summed E-state index contributed by atoms with van der Waals surface area (Å²) in [5.41, 5.74) is 2.54. The van der Waals surface area contributed by atoms with Crippen LogP contribution in [0.25, 0.3) is 11.5 Å². The molecule has 0 radical (unpaired) electrons. The van der Waals surface area contributed by atoms with Crippen LogP contribution in [0.15, 0.2) is 52.9 Å². The number of hydrogen-bond donors (Lipinski definition) is 0. The van der Waals surface area contributed by atoms with E-state index in [1.165, 1.54) is 24.3 Å². The van der Waals surface area contributed by atoms with Crippen molar-refractivity contribution in [3.8, 4) is 11.5 Å². The zero-order valence-corrected chi connectivity index (χ0v) is 15.1. The number of piperidine rings is 1. The van der Waals surface area contributed by atoms with Crippen LogP contribution in [-0.2, 0) is 0 Å². The van der Waals surface area contributed by atoms with Gasteiger partial charge in [0.25, 0.3) is 5.91 Å². The molecule has 2 aromatic carbocycles. The second kappa shape index (κ2) is 7.31. The molecule has 0 saturated carbocycles. The third-order valence-electron chi connectivity index (χ3n) is 5.04. The van der Waals surface area contributed by atoms with Crippen molar-refractivity contribution in [1.82, 2.24) is 15.1 Å². The summed E-state index contributed by atoms with van der Waals surface area (Å²) in [6.45, 7) is 3.24. The highest BCUT2D eigenvalue weighted by molar-refractivity contribution is 5.94. The minimum Gasteiger partial charge on any atom is -0.420 e. The number of benzene rings is 2. The molecule has 0 unspecified atom stereocenters. The van der Waals surface area contributed by atoms with Gasteiger partial charge in [-0.3, -0.25) is 4.79 Å². The Labute approximate surface area is 156 Å². The van der Waals surface area contributed by atoms with Gasteiger partial charge in [0.1, 0.15) is 5.82 Å². The molecule has 0 bridgehead atoms. The molecule has 5 nitrogen and oxygen atoms in total. The summed E-state index contributed by atoms with van der Waals surface area (Å²) in [5.74, 6) is 0.897. The van der Waals surface area contributed by atoms with Crippen molar-refractivity contribution in [3.05, 3.63) is 71.4 Å². The molecule has 0 spiro atoms. The summed E-state index contributed by atoms with van der Waals surface area (Å²) in [6, 6.07) is 13.6. The Hall–Kier alpha value is -3.02. The molecule has 1 aromatic heterocycles. The van der Waals surface area contributed by atoms with Gasteiger partial charge in [-0.15, -0.1) is 10.2 Å². The molecule has 2 heterocycles. The topological polar surface area (TPSA) is 59.2 Å². The monoisotopic (exact) mass is 365 g/mol. The molecule has 1 fully saturated rings. The lowest BCUT2D eigenvalue weighted by atomic mass is 9.96. The Kier molecular flexibility index (Phi) is 4.71. The summed E-state index contributed by atoms with van der Waals surface area (Å²) in [5, 5.41) is 8.43. The predicted molar refractivity (Wildman–Crippen MR) is 98.7 cm³/mol. The number of aryl methyl sites for hydroxylation is 1. The molecule has 6 heteroatoms. The van der Waals surface area contributed by atoms with E-state index in [0.717, 1.165) is 24.0 Å². The standard InChI is InChI=1S/C21H20FN3O2/c1-14-4-2-3-5-18(14)20-24-23-19(27-20)15-10-12-25(13-11-15)21(26)16-6-8-17(22)9-7-16/h2-9,15H,10-13H2,1H3. The molecule has 1 saturated heterocycles. The number of hydrogen-bond acceptors (Lipinski definition) is 4. The van der Waals surface area contributed by atoms with Crippen LogP contribution >= 0.6 is 0 Å². The molecular formula is C21H20FN3O2. The molecule has 138 valence electrons. The first-order valence-electron chi connectivity index (χ1n) is 9.06. The van der Waals surface area contributed by atoms with Crippen molar-refractivity contribution >= 4 is 5.91 Å². The van der Waals surface area contributed by atoms with Gasteiger partial charge in [-0.05, 0) is 55.7 Å². The second-order valence-corrected chi connectivity index (χ2v) is 6.83. The van der Waals surface area contributed by atoms with Gasteiger partial charge in [-0.25, -0.2) is 4.39 Å². The van der Waals surface area contributed by atoms with E-state index in [0.29, 0.717) is 30.4 Å². The van der Waals surface area contributed by atoms with Crippen LogP contribution in [0.2, 0.25) is 0 Å². The molecule has 3 aromatic rings. The summed E-state index contributed by atoms with van der Waals surface area (Å²) in [4.78, 5) is 14.3. The summed E-state index contributed by atoms with van der Waals surface area (Å²) < 4.78 is 18.9. The number of likely N-dealkylation sites (tertiary alicyclic amines) is 1. The third kappa shape index (κ3) is 3.60. The fourth-order valence-electron chi connectivity index (χ4n) is 3.43. The lowest BCUT2D eigenvalue weighted by Gasteiger charge is -2.30. The average Bonchev–Trinajstić information content (AvgIpc) is 3.18. The number of rotatable bonds is 3. The van der Waals surface area contributed by atoms with Gasteiger partial charge in [-0.2, -0.15) is 0 Å². The molecule has 4 rings (SSSR count). The SMILES string of the molecule is Cc1ccccc1-c1nnc(C2CCN(C(=O)c3ccc(F)cc3)CC2)o1. The largest absolute Gasteiger partial charge is 0.420 e. The first-order chi connectivity index (χ1) is 13.1. The zero-order valence-electron chi connectivity index (χ0n) is 15.1. The Morgan fingerprint density at radius 2 is 1.78 bits per heavy atom. The molecule has 0 N–H and O–H groups in total. The van der Waals surface area contributed by atoms with Crippen molar-refractivity contribution in [2.24, 2.45) is 0 Å². The average molecular weight is 365 g/mol. The number of aromatic nitrogens is 2. The second-order valence-electron chi connectivity index (χ2n) is 6.83. The number of nitrogens with zero attached hydrogens (tertiary/aromatic N) is 3. The number of carbonyl (C=O) groups excluding carboxylic acids is 1. The highest BCUT2D eigenvalue weighted by Gasteiger charge is 2.28. The molecule has 1 aliphatic rings. The Morgan fingerprint density at radius 3 is 2.48 bits per heavy atom. The van der Waals surface area contributed by atoms with Crippen LogP contribution < -0.4 is 0 Å². The van der Waals surface area contributed by atoms with Crippen LogP contribution in [0.1, 0.15) is 40.6 Å². The van der Waals surface area contributed by atoms with E-state index in [1.807, 2.05) is 31.2 Å². The van der Waals surface area contributed by atoms with E-state index in [2.05, 4.69) is 10.2 Å². The quantitative estimate of drug-likeness (QED) is 0.698. The van der Waals surface area contributed by atoms with Crippen molar-refractivity contribution in [1.29, 1.82) is 0 Å². The van der Waals surface area contributed by atoms with Crippen molar-refractivity contribution in [2.45, 2.75) is 25.7 Å². The third-order valence-corrected chi connectivity index (χ3v) is 5.04. The maximum atomic E-state index is 13.0. The number of amides is 1. The van der Waals surface area contributed by atoms with Gasteiger partial charge in [0.05, 0.1) is 0 Å². The number of halogens is 1. The van der Waals surface area contributed by atoms with Crippen LogP contribution in [0.5, 0.6) is 0 Å². The maximum absolute atomic E-state index is 13.0. The van der Waals surface area contributed by atoms with E-state index in [-0.39, 0.29) is 17.6 Å². The first kappa shape index (κ1) is 17.4. The fraction of sp³-hybridized carbons (Fsp3) is 0.286. The van der Waals surface area contributed by atoms with Crippen molar-refractivity contribution < 1.29 is 13.6 Å². The van der Waals surface area contributed by atoms with Gasteiger partial charge >= 0.3 is 0 Å². The van der Waals surface area contributed by atoms with E-state index in [1.54, 1.807) is 4.90 Å². The van der Waals surface area contributed by atoms with Gasteiger partial charge in [0.15, 0.2) is 0 Å².